The molecular formula is C13H15F3N4. The predicted molar refractivity (Wildman–Crippen MR) is 66.9 cm³/mol. The van der Waals surface area contributed by atoms with Gasteiger partial charge in [0.05, 0.1) is 17.3 Å². The number of aryl methyl sites for hydroxylation is 1. The molecule has 0 amide bonds. The van der Waals surface area contributed by atoms with Crippen molar-refractivity contribution in [2.75, 3.05) is 11.9 Å². The minimum Gasteiger partial charge on any atom is -0.368 e. The highest BCUT2D eigenvalue weighted by atomic mass is 19.4. The van der Waals surface area contributed by atoms with E-state index in [1.54, 1.807) is 6.92 Å². The standard InChI is InChI=1S/C13H15F3N4/c1-9-8-19-11(10(7-17)20-9)18-6-5-12(3-2-4-12)13(14,15)16/h8H,2-6H2,1H3,(H,18,19). The lowest BCUT2D eigenvalue weighted by Crippen LogP contribution is -2.45. The monoisotopic (exact) mass is 284 g/mol. The Labute approximate surface area is 115 Å². The van der Waals surface area contributed by atoms with Gasteiger partial charge in [-0.2, -0.15) is 18.4 Å². The van der Waals surface area contributed by atoms with Crippen molar-refractivity contribution in [1.29, 1.82) is 5.26 Å². The number of halogens is 3. The summed E-state index contributed by atoms with van der Waals surface area (Å²) in [5.41, 5.74) is -0.859. The number of hydrogen-bond donors (Lipinski definition) is 1. The van der Waals surface area contributed by atoms with E-state index in [-0.39, 0.29) is 37.3 Å². The molecule has 4 nitrogen and oxygen atoms in total. The van der Waals surface area contributed by atoms with Crippen LogP contribution in [-0.2, 0) is 0 Å². The lowest BCUT2D eigenvalue weighted by Gasteiger charge is -2.43. The van der Waals surface area contributed by atoms with Crippen LogP contribution in [0.4, 0.5) is 19.0 Å². The molecule has 0 radical (unpaired) electrons. The lowest BCUT2D eigenvalue weighted by atomic mass is 9.66. The van der Waals surface area contributed by atoms with E-state index in [0.29, 0.717) is 12.1 Å². The van der Waals surface area contributed by atoms with Gasteiger partial charge in [0.1, 0.15) is 6.07 Å². The van der Waals surface area contributed by atoms with Crippen LogP contribution >= 0.6 is 0 Å². The summed E-state index contributed by atoms with van der Waals surface area (Å²) in [6.07, 6.45) is -1.70. The number of aromatic nitrogens is 2. The van der Waals surface area contributed by atoms with E-state index >= 15 is 0 Å². The van der Waals surface area contributed by atoms with Crippen molar-refractivity contribution < 1.29 is 13.2 Å². The first-order valence-electron chi connectivity index (χ1n) is 6.42. The van der Waals surface area contributed by atoms with Gasteiger partial charge < -0.3 is 5.32 Å². The number of nitriles is 1. The second-order valence-electron chi connectivity index (χ2n) is 5.13. The van der Waals surface area contributed by atoms with Crippen molar-refractivity contribution in [3.05, 3.63) is 17.6 Å². The number of rotatable bonds is 4. The summed E-state index contributed by atoms with van der Waals surface area (Å²) in [7, 11) is 0. The van der Waals surface area contributed by atoms with Crippen molar-refractivity contribution >= 4 is 5.82 Å². The molecule has 0 atom stereocenters. The molecule has 0 saturated heterocycles. The Morgan fingerprint density at radius 2 is 2.15 bits per heavy atom. The Balaban J connectivity index is 1.98. The maximum Gasteiger partial charge on any atom is 0.394 e. The van der Waals surface area contributed by atoms with Crippen molar-refractivity contribution in [2.45, 2.75) is 38.8 Å². The van der Waals surface area contributed by atoms with Crippen LogP contribution in [0.2, 0.25) is 0 Å². The Bertz CT molecular complexity index is 529. The van der Waals surface area contributed by atoms with Crippen LogP contribution in [0.3, 0.4) is 0 Å². The SMILES string of the molecule is Cc1cnc(NCCC2(C(F)(F)F)CCC2)c(C#N)n1. The summed E-state index contributed by atoms with van der Waals surface area (Å²) in [5, 5.41) is 11.7. The number of nitrogens with zero attached hydrogens (tertiary/aromatic N) is 3. The average molecular weight is 284 g/mol. The van der Waals surface area contributed by atoms with E-state index in [2.05, 4.69) is 15.3 Å². The van der Waals surface area contributed by atoms with E-state index in [1.165, 1.54) is 6.20 Å². The largest absolute Gasteiger partial charge is 0.394 e. The fourth-order valence-electron chi connectivity index (χ4n) is 2.38. The Morgan fingerprint density at radius 3 is 2.65 bits per heavy atom. The van der Waals surface area contributed by atoms with Gasteiger partial charge in [0.25, 0.3) is 0 Å². The molecular weight excluding hydrogens is 269 g/mol. The summed E-state index contributed by atoms with van der Waals surface area (Å²) < 4.78 is 38.9. The second kappa shape index (κ2) is 5.27. The maximum absolute atomic E-state index is 13.0. The fraction of sp³-hybridized carbons (Fsp3) is 0.615. The molecule has 108 valence electrons. The molecule has 1 aromatic rings. The smallest absolute Gasteiger partial charge is 0.368 e. The van der Waals surface area contributed by atoms with Crippen molar-refractivity contribution in [3.63, 3.8) is 0 Å². The summed E-state index contributed by atoms with van der Waals surface area (Å²) in [5.74, 6) is 0.245. The van der Waals surface area contributed by atoms with Gasteiger partial charge in [0.15, 0.2) is 11.5 Å². The number of hydrogen-bond acceptors (Lipinski definition) is 4. The fourth-order valence-corrected chi connectivity index (χ4v) is 2.38. The molecule has 7 heteroatoms. The normalized spacial score (nSPS) is 17.1. The summed E-state index contributed by atoms with van der Waals surface area (Å²) in [4.78, 5) is 7.98. The van der Waals surface area contributed by atoms with Gasteiger partial charge in [0, 0.05) is 6.54 Å². The van der Waals surface area contributed by atoms with E-state index in [4.69, 9.17) is 5.26 Å². The Kier molecular flexibility index (Phi) is 3.84. The average Bonchev–Trinajstić information content (AvgIpc) is 2.32. The quantitative estimate of drug-likeness (QED) is 0.922. The minimum atomic E-state index is -4.16. The van der Waals surface area contributed by atoms with Gasteiger partial charge in [-0.3, -0.25) is 0 Å². The van der Waals surface area contributed by atoms with Crippen molar-refractivity contribution in [1.82, 2.24) is 9.97 Å². The van der Waals surface area contributed by atoms with E-state index in [0.717, 1.165) is 0 Å². The maximum atomic E-state index is 13.0. The molecule has 1 N–H and O–H groups in total. The molecule has 0 spiro atoms. The first-order chi connectivity index (χ1) is 9.38. The van der Waals surface area contributed by atoms with Crippen LogP contribution in [-0.4, -0.2) is 22.7 Å². The molecule has 20 heavy (non-hydrogen) atoms. The van der Waals surface area contributed by atoms with Gasteiger partial charge in [-0.05, 0) is 26.2 Å². The minimum absolute atomic E-state index is 0.00305. The highest BCUT2D eigenvalue weighted by Gasteiger charge is 2.57. The predicted octanol–water partition coefficient (Wildman–Crippen LogP) is 3.19. The van der Waals surface area contributed by atoms with Crippen LogP contribution in [0, 0.1) is 23.7 Å². The highest BCUT2D eigenvalue weighted by molar-refractivity contribution is 5.47. The molecule has 1 saturated carbocycles. The third-order valence-corrected chi connectivity index (χ3v) is 3.81. The number of alkyl halides is 3. The zero-order chi connectivity index (χ0) is 14.8. The molecule has 0 aromatic carbocycles. The van der Waals surface area contributed by atoms with Crippen LogP contribution in [0.5, 0.6) is 0 Å². The van der Waals surface area contributed by atoms with Crippen molar-refractivity contribution in [2.24, 2.45) is 5.41 Å². The number of nitrogens with one attached hydrogen (secondary N) is 1. The summed E-state index contributed by atoms with van der Waals surface area (Å²) in [6.45, 7) is 1.83. The van der Waals surface area contributed by atoms with Gasteiger partial charge in [-0.25, -0.2) is 9.97 Å². The Hall–Kier alpha value is -1.84. The van der Waals surface area contributed by atoms with Gasteiger partial charge in [-0.1, -0.05) is 6.42 Å². The lowest BCUT2D eigenvalue weighted by molar-refractivity contribution is -0.252. The zero-order valence-corrected chi connectivity index (χ0v) is 11.1. The zero-order valence-electron chi connectivity index (χ0n) is 11.1. The Morgan fingerprint density at radius 1 is 1.45 bits per heavy atom. The van der Waals surface area contributed by atoms with Gasteiger partial charge in [-0.15, -0.1) is 0 Å². The van der Waals surface area contributed by atoms with Gasteiger partial charge in [0.2, 0.25) is 0 Å². The third-order valence-electron chi connectivity index (χ3n) is 3.81. The molecule has 1 aromatic heterocycles. The second-order valence-corrected chi connectivity index (χ2v) is 5.13. The molecule has 0 bridgehead atoms. The summed E-state index contributed by atoms with van der Waals surface area (Å²) >= 11 is 0. The summed E-state index contributed by atoms with van der Waals surface area (Å²) in [6, 6.07) is 1.88. The van der Waals surface area contributed by atoms with E-state index in [1.807, 2.05) is 6.07 Å². The molecule has 1 fully saturated rings. The highest BCUT2D eigenvalue weighted by Crippen LogP contribution is 2.55. The molecule has 1 aliphatic carbocycles. The molecule has 1 heterocycles. The van der Waals surface area contributed by atoms with Crippen molar-refractivity contribution in [3.8, 4) is 6.07 Å². The molecule has 0 unspecified atom stereocenters. The van der Waals surface area contributed by atoms with Crippen LogP contribution in [0.15, 0.2) is 6.20 Å². The first kappa shape index (κ1) is 14.6. The molecule has 1 aliphatic rings. The first-order valence-corrected chi connectivity index (χ1v) is 6.42. The third kappa shape index (κ3) is 2.69. The molecule has 0 aliphatic heterocycles. The molecule has 2 rings (SSSR count). The van der Waals surface area contributed by atoms with E-state index < -0.39 is 11.6 Å². The topological polar surface area (TPSA) is 61.6 Å². The van der Waals surface area contributed by atoms with E-state index in [9.17, 15) is 13.2 Å². The van der Waals surface area contributed by atoms with Crippen LogP contribution < -0.4 is 5.32 Å². The van der Waals surface area contributed by atoms with Crippen LogP contribution in [0.25, 0.3) is 0 Å². The van der Waals surface area contributed by atoms with Crippen LogP contribution in [0.1, 0.15) is 37.1 Å². The number of anilines is 1. The van der Waals surface area contributed by atoms with Gasteiger partial charge >= 0.3 is 6.18 Å².